The van der Waals surface area contributed by atoms with E-state index < -0.39 is 0 Å². The van der Waals surface area contributed by atoms with Crippen LogP contribution in [0.25, 0.3) is 10.9 Å². The lowest BCUT2D eigenvalue weighted by Crippen LogP contribution is -2.38. The first kappa shape index (κ1) is 20.3. The molecule has 0 radical (unpaired) electrons. The molecular formula is C23H23ClN8O. The summed E-state index contributed by atoms with van der Waals surface area (Å²) in [6.45, 7) is 5.65. The van der Waals surface area contributed by atoms with E-state index in [2.05, 4.69) is 30.0 Å². The van der Waals surface area contributed by atoms with Gasteiger partial charge in [0.2, 0.25) is 11.9 Å². The number of H-pyrrole nitrogens is 1. The summed E-state index contributed by atoms with van der Waals surface area (Å²) < 4.78 is 5.45. The predicted octanol–water partition coefficient (Wildman–Crippen LogP) is 3.09. The molecule has 5 heterocycles. The standard InChI is InChI=1S/C23H23ClN8O/c1-14-11-27-30-23(28-14)32-5-4-17-18-10-16(24)2-3-19(18)29-20(17)21(32)15-12-25-22(26-13-15)31-6-8-33-9-7-31/h2-3,10-13,21,29H,4-9H2,1H3. The number of anilines is 2. The van der Waals surface area contributed by atoms with E-state index in [0.717, 1.165) is 64.9 Å². The maximum Gasteiger partial charge on any atom is 0.246 e. The number of ether oxygens (including phenoxy) is 1. The number of nitrogens with one attached hydrogen (secondary N) is 1. The van der Waals surface area contributed by atoms with Crippen molar-refractivity contribution in [1.29, 1.82) is 0 Å². The molecule has 1 fully saturated rings. The molecule has 33 heavy (non-hydrogen) atoms. The van der Waals surface area contributed by atoms with Crippen LogP contribution in [0.3, 0.4) is 0 Å². The minimum Gasteiger partial charge on any atom is -0.378 e. The summed E-state index contributed by atoms with van der Waals surface area (Å²) in [5.74, 6) is 1.32. The first-order chi connectivity index (χ1) is 16.2. The maximum atomic E-state index is 6.32. The summed E-state index contributed by atoms with van der Waals surface area (Å²) in [6, 6.07) is 5.80. The van der Waals surface area contributed by atoms with E-state index in [1.165, 1.54) is 5.56 Å². The number of morpholine rings is 1. The third-order valence-electron chi connectivity index (χ3n) is 6.28. The van der Waals surface area contributed by atoms with Crippen molar-refractivity contribution in [3.8, 4) is 0 Å². The van der Waals surface area contributed by atoms with Gasteiger partial charge >= 0.3 is 0 Å². The molecule has 1 aromatic carbocycles. The Labute approximate surface area is 195 Å². The van der Waals surface area contributed by atoms with Crippen molar-refractivity contribution in [2.45, 2.75) is 19.4 Å². The highest BCUT2D eigenvalue weighted by atomic mass is 35.5. The molecule has 0 aliphatic carbocycles. The van der Waals surface area contributed by atoms with Crippen LogP contribution in [0.5, 0.6) is 0 Å². The van der Waals surface area contributed by atoms with Gasteiger partial charge in [-0.3, -0.25) is 0 Å². The first-order valence-corrected chi connectivity index (χ1v) is 11.4. The molecule has 2 aliphatic heterocycles. The van der Waals surface area contributed by atoms with Crippen molar-refractivity contribution < 1.29 is 4.74 Å². The number of aromatic nitrogens is 6. The van der Waals surface area contributed by atoms with Crippen LogP contribution in [-0.4, -0.2) is 63.0 Å². The number of aryl methyl sites for hydroxylation is 1. The Bertz CT molecular complexity index is 1300. The van der Waals surface area contributed by atoms with Gasteiger partial charge in [-0.25, -0.2) is 15.0 Å². The average Bonchev–Trinajstić information content (AvgIpc) is 3.22. The zero-order valence-corrected chi connectivity index (χ0v) is 19.0. The predicted molar refractivity (Wildman–Crippen MR) is 126 cm³/mol. The topological polar surface area (TPSA) is 96.0 Å². The monoisotopic (exact) mass is 462 g/mol. The molecule has 0 spiro atoms. The molecule has 0 bridgehead atoms. The van der Waals surface area contributed by atoms with Gasteiger partial charge in [-0.1, -0.05) is 11.6 Å². The molecule has 10 heteroatoms. The molecule has 1 unspecified atom stereocenters. The second kappa shape index (κ2) is 8.24. The van der Waals surface area contributed by atoms with Gasteiger partial charge in [-0.2, -0.15) is 5.10 Å². The molecule has 1 atom stereocenters. The zero-order valence-electron chi connectivity index (χ0n) is 18.2. The third-order valence-corrected chi connectivity index (χ3v) is 6.52. The molecular weight excluding hydrogens is 440 g/mol. The summed E-state index contributed by atoms with van der Waals surface area (Å²) in [7, 11) is 0. The van der Waals surface area contributed by atoms with Gasteiger partial charge < -0.3 is 19.5 Å². The van der Waals surface area contributed by atoms with Crippen molar-refractivity contribution >= 4 is 34.4 Å². The van der Waals surface area contributed by atoms with Crippen LogP contribution in [0.1, 0.15) is 28.6 Å². The third kappa shape index (κ3) is 3.67. The summed E-state index contributed by atoms with van der Waals surface area (Å²) in [4.78, 5) is 22.0. The summed E-state index contributed by atoms with van der Waals surface area (Å²) in [5, 5.41) is 10.4. The van der Waals surface area contributed by atoms with Gasteiger partial charge in [-0.05, 0) is 37.1 Å². The summed E-state index contributed by atoms with van der Waals surface area (Å²) >= 11 is 6.32. The van der Waals surface area contributed by atoms with E-state index in [4.69, 9.17) is 26.3 Å². The number of hydrogen-bond acceptors (Lipinski definition) is 8. The van der Waals surface area contributed by atoms with Crippen LogP contribution < -0.4 is 9.80 Å². The zero-order chi connectivity index (χ0) is 22.4. The number of halogens is 1. The number of nitrogens with zero attached hydrogens (tertiary/aromatic N) is 7. The van der Waals surface area contributed by atoms with Crippen LogP contribution in [0.15, 0.2) is 36.8 Å². The quantitative estimate of drug-likeness (QED) is 0.496. The molecule has 168 valence electrons. The van der Waals surface area contributed by atoms with Crippen molar-refractivity contribution in [3.63, 3.8) is 0 Å². The van der Waals surface area contributed by atoms with Gasteiger partial charge in [0.1, 0.15) is 6.04 Å². The number of aromatic amines is 1. The average molecular weight is 463 g/mol. The molecule has 0 amide bonds. The lowest BCUT2D eigenvalue weighted by atomic mass is 9.94. The Kier molecular flexibility index (Phi) is 5.07. The van der Waals surface area contributed by atoms with Crippen molar-refractivity contribution in [1.82, 2.24) is 30.1 Å². The van der Waals surface area contributed by atoms with E-state index in [1.54, 1.807) is 6.20 Å². The van der Waals surface area contributed by atoms with Crippen LogP contribution in [0, 0.1) is 6.92 Å². The fraction of sp³-hybridized carbons (Fsp3) is 0.348. The van der Waals surface area contributed by atoms with E-state index in [9.17, 15) is 0 Å². The number of benzene rings is 1. The second-order valence-corrected chi connectivity index (χ2v) is 8.80. The Morgan fingerprint density at radius 2 is 1.88 bits per heavy atom. The lowest BCUT2D eigenvalue weighted by Gasteiger charge is -2.35. The molecule has 4 aromatic rings. The second-order valence-electron chi connectivity index (χ2n) is 8.37. The van der Waals surface area contributed by atoms with E-state index in [-0.39, 0.29) is 6.04 Å². The minimum absolute atomic E-state index is 0.165. The molecule has 3 aromatic heterocycles. The molecule has 9 nitrogen and oxygen atoms in total. The smallest absolute Gasteiger partial charge is 0.246 e. The molecule has 1 N–H and O–H groups in total. The Balaban J connectivity index is 1.45. The van der Waals surface area contributed by atoms with Crippen molar-refractivity contribution in [3.05, 3.63) is 64.3 Å². The van der Waals surface area contributed by atoms with Crippen molar-refractivity contribution in [2.75, 3.05) is 42.6 Å². The van der Waals surface area contributed by atoms with Gasteiger partial charge in [0.15, 0.2) is 0 Å². The van der Waals surface area contributed by atoms with Crippen LogP contribution >= 0.6 is 11.6 Å². The van der Waals surface area contributed by atoms with Crippen LogP contribution in [0.2, 0.25) is 5.02 Å². The molecule has 6 rings (SSSR count). The number of hydrogen-bond donors (Lipinski definition) is 1. The number of rotatable bonds is 3. The Hall–Kier alpha value is -3.30. The van der Waals surface area contributed by atoms with E-state index in [1.807, 2.05) is 37.5 Å². The molecule has 0 saturated carbocycles. The van der Waals surface area contributed by atoms with E-state index in [0.29, 0.717) is 19.2 Å². The Morgan fingerprint density at radius 1 is 1.06 bits per heavy atom. The van der Waals surface area contributed by atoms with Gasteiger partial charge in [0, 0.05) is 59.2 Å². The highest BCUT2D eigenvalue weighted by molar-refractivity contribution is 6.31. The number of fused-ring (bicyclic) bond motifs is 3. The molecule has 2 aliphatic rings. The first-order valence-electron chi connectivity index (χ1n) is 11.0. The fourth-order valence-corrected chi connectivity index (χ4v) is 4.89. The lowest BCUT2D eigenvalue weighted by molar-refractivity contribution is 0.122. The van der Waals surface area contributed by atoms with Crippen LogP contribution in [-0.2, 0) is 11.2 Å². The Morgan fingerprint density at radius 3 is 2.67 bits per heavy atom. The van der Waals surface area contributed by atoms with E-state index >= 15 is 0 Å². The van der Waals surface area contributed by atoms with Crippen LogP contribution in [0.4, 0.5) is 11.9 Å². The highest BCUT2D eigenvalue weighted by Gasteiger charge is 2.34. The van der Waals surface area contributed by atoms with Crippen molar-refractivity contribution in [2.24, 2.45) is 0 Å². The highest BCUT2D eigenvalue weighted by Crippen LogP contribution is 2.40. The summed E-state index contributed by atoms with van der Waals surface area (Å²) in [5.41, 5.74) is 5.20. The minimum atomic E-state index is -0.165. The maximum absolute atomic E-state index is 6.32. The van der Waals surface area contributed by atoms with Gasteiger partial charge in [0.05, 0.1) is 25.1 Å². The molecule has 1 saturated heterocycles. The summed E-state index contributed by atoms with van der Waals surface area (Å²) in [6.07, 6.45) is 6.33. The fourth-order valence-electron chi connectivity index (χ4n) is 4.72. The largest absolute Gasteiger partial charge is 0.378 e. The SMILES string of the molecule is Cc1cnnc(N2CCc3c([nH]c4ccc(Cl)cc34)C2c2cnc(N3CCOCC3)nc2)n1. The van der Waals surface area contributed by atoms with Gasteiger partial charge in [0.25, 0.3) is 0 Å². The normalized spacial score (nSPS) is 18.5. The van der Waals surface area contributed by atoms with Gasteiger partial charge in [-0.15, -0.1) is 5.10 Å².